The summed E-state index contributed by atoms with van der Waals surface area (Å²) in [5.41, 5.74) is 0. The molecule has 4 heteroatoms. The molecule has 2 saturated carbocycles. The average molecular weight is 226 g/mol. The van der Waals surface area contributed by atoms with Gasteiger partial charge in [-0.15, -0.1) is 0 Å². The second-order valence-corrected chi connectivity index (χ2v) is 5.09. The van der Waals surface area contributed by atoms with E-state index in [2.05, 4.69) is 0 Å². The summed E-state index contributed by atoms with van der Waals surface area (Å²) in [6, 6.07) is 0. The number of hydrogen-bond donors (Lipinski definition) is 2. The van der Waals surface area contributed by atoms with E-state index in [0.717, 1.165) is 25.7 Å². The van der Waals surface area contributed by atoms with Gasteiger partial charge in [-0.1, -0.05) is 19.3 Å². The van der Waals surface area contributed by atoms with Crippen LogP contribution in [0.2, 0.25) is 0 Å². The summed E-state index contributed by atoms with van der Waals surface area (Å²) in [7, 11) is 0. The lowest BCUT2D eigenvalue weighted by Crippen LogP contribution is -2.43. The highest BCUT2D eigenvalue weighted by molar-refractivity contribution is 5.80. The fourth-order valence-electron chi connectivity index (χ4n) is 3.57. The van der Waals surface area contributed by atoms with Crippen molar-refractivity contribution in [3.05, 3.63) is 0 Å². The van der Waals surface area contributed by atoms with E-state index in [1.807, 2.05) is 0 Å². The Morgan fingerprint density at radius 1 is 0.875 bits per heavy atom. The molecule has 4 unspecified atom stereocenters. The lowest BCUT2D eigenvalue weighted by Gasteiger charge is -2.42. The average Bonchev–Trinajstić information content (AvgIpc) is 2.27. The Morgan fingerprint density at radius 3 is 2.19 bits per heavy atom. The molecule has 2 aliphatic rings. The number of rotatable bonds is 2. The zero-order valence-electron chi connectivity index (χ0n) is 9.26. The summed E-state index contributed by atoms with van der Waals surface area (Å²) in [6.07, 6.45) is 5.63. The van der Waals surface area contributed by atoms with Gasteiger partial charge < -0.3 is 10.2 Å². The molecule has 0 aromatic carbocycles. The fraction of sp³-hybridized carbons (Fsp3) is 0.833. The highest BCUT2D eigenvalue weighted by atomic mass is 16.4. The fourth-order valence-corrected chi connectivity index (χ4v) is 3.57. The van der Waals surface area contributed by atoms with Gasteiger partial charge in [0.05, 0.1) is 11.8 Å². The van der Waals surface area contributed by atoms with Crippen molar-refractivity contribution in [2.45, 2.75) is 38.5 Å². The van der Waals surface area contributed by atoms with Crippen molar-refractivity contribution in [3.8, 4) is 0 Å². The molecule has 2 fully saturated rings. The van der Waals surface area contributed by atoms with Gasteiger partial charge in [-0.3, -0.25) is 9.59 Å². The van der Waals surface area contributed by atoms with Crippen molar-refractivity contribution in [1.82, 2.24) is 0 Å². The van der Waals surface area contributed by atoms with Crippen LogP contribution in [0.3, 0.4) is 0 Å². The first-order chi connectivity index (χ1) is 7.61. The monoisotopic (exact) mass is 226 g/mol. The Bertz CT molecular complexity index is 299. The van der Waals surface area contributed by atoms with E-state index in [1.165, 1.54) is 6.42 Å². The number of carboxylic acid groups (broad SMARTS) is 2. The minimum Gasteiger partial charge on any atom is -0.481 e. The van der Waals surface area contributed by atoms with Gasteiger partial charge in [0.2, 0.25) is 0 Å². The molecule has 0 aromatic rings. The van der Waals surface area contributed by atoms with Gasteiger partial charge in [-0.25, -0.2) is 0 Å². The molecule has 4 atom stereocenters. The number of aliphatic carboxylic acids is 2. The summed E-state index contributed by atoms with van der Waals surface area (Å²) in [5.74, 6) is -2.62. The molecule has 0 bridgehead atoms. The molecule has 0 amide bonds. The molecule has 2 rings (SSSR count). The first-order valence-electron chi connectivity index (χ1n) is 6.07. The van der Waals surface area contributed by atoms with Gasteiger partial charge >= 0.3 is 11.9 Å². The topological polar surface area (TPSA) is 74.6 Å². The van der Waals surface area contributed by atoms with Crippen molar-refractivity contribution in [3.63, 3.8) is 0 Å². The van der Waals surface area contributed by atoms with Crippen molar-refractivity contribution >= 4 is 11.9 Å². The van der Waals surface area contributed by atoms with E-state index in [4.69, 9.17) is 5.11 Å². The van der Waals surface area contributed by atoms with E-state index >= 15 is 0 Å². The van der Waals surface area contributed by atoms with Crippen molar-refractivity contribution < 1.29 is 19.8 Å². The lowest BCUT2D eigenvalue weighted by atomic mass is 9.61. The third kappa shape index (κ3) is 1.93. The molecular formula is C12H18O4. The second kappa shape index (κ2) is 4.44. The van der Waals surface area contributed by atoms with Crippen molar-refractivity contribution in [2.24, 2.45) is 23.7 Å². The van der Waals surface area contributed by atoms with Gasteiger partial charge in [-0.2, -0.15) is 0 Å². The molecule has 0 saturated heterocycles. The largest absolute Gasteiger partial charge is 0.481 e. The van der Waals surface area contributed by atoms with Gasteiger partial charge in [-0.05, 0) is 31.1 Å². The molecule has 0 aromatic heterocycles. The van der Waals surface area contributed by atoms with Crippen LogP contribution in [0.5, 0.6) is 0 Å². The maximum atomic E-state index is 11.3. The molecule has 0 aliphatic heterocycles. The number of hydrogen-bond acceptors (Lipinski definition) is 2. The molecule has 0 radical (unpaired) electrons. The highest BCUT2D eigenvalue weighted by Crippen LogP contribution is 2.46. The Morgan fingerprint density at radius 2 is 1.56 bits per heavy atom. The smallest absolute Gasteiger partial charge is 0.307 e. The summed E-state index contributed by atoms with van der Waals surface area (Å²) >= 11 is 0. The van der Waals surface area contributed by atoms with Gasteiger partial charge in [0.25, 0.3) is 0 Å². The zero-order chi connectivity index (χ0) is 11.7. The Hall–Kier alpha value is -1.06. The minimum absolute atomic E-state index is 0.0982. The molecule has 2 N–H and O–H groups in total. The number of fused-ring (bicyclic) bond motifs is 1. The summed E-state index contributed by atoms with van der Waals surface area (Å²) < 4.78 is 0. The van der Waals surface area contributed by atoms with Gasteiger partial charge in [0.1, 0.15) is 0 Å². The summed E-state index contributed by atoms with van der Waals surface area (Å²) in [5, 5.41) is 18.3. The first kappa shape index (κ1) is 11.4. The summed E-state index contributed by atoms with van der Waals surface area (Å²) in [6.45, 7) is 0. The van der Waals surface area contributed by atoms with Crippen LogP contribution in [0.15, 0.2) is 0 Å². The molecule has 0 spiro atoms. The van der Waals surface area contributed by atoms with E-state index in [0.29, 0.717) is 12.3 Å². The van der Waals surface area contributed by atoms with E-state index in [-0.39, 0.29) is 5.92 Å². The maximum absolute atomic E-state index is 11.3. The highest BCUT2D eigenvalue weighted by Gasteiger charge is 2.46. The maximum Gasteiger partial charge on any atom is 0.307 e. The standard InChI is InChI=1S/C12H18O4/c13-11(14)9-6-5-7-3-1-2-4-8(7)10(9)12(15)16/h7-10H,1-6H2,(H,13,14)(H,15,16). The normalized spacial score (nSPS) is 38.8. The number of carboxylic acids is 2. The Kier molecular flexibility index (Phi) is 3.17. The van der Waals surface area contributed by atoms with Crippen LogP contribution in [0, 0.1) is 23.7 Å². The van der Waals surface area contributed by atoms with Crippen molar-refractivity contribution in [2.75, 3.05) is 0 Å². The SMILES string of the molecule is O=C(O)C1CCC2CCCCC2C1C(=O)O. The lowest BCUT2D eigenvalue weighted by molar-refractivity contribution is -0.161. The predicted octanol–water partition coefficient (Wildman–Crippen LogP) is 1.99. The molecule has 90 valence electrons. The quantitative estimate of drug-likeness (QED) is 0.755. The van der Waals surface area contributed by atoms with Gasteiger partial charge in [0, 0.05) is 0 Å². The molecule has 16 heavy (non-hydrogen) atoms. The zero-order valence-corrected chi connectivity index (χ0v) is 9.26. The van der Waals surface area contributed by atoms with Gasteiger partial charge in [0.15, 0.2) is 0 Å². The van der Waals surface area contributed by atoms with Crippen LogP contribution >= 0.6 is 0 Å². The molecule has 2 aliphatic carbocycles. The van der Waals surface area contributed by atoms with E-state index in [1.54, 1.807) is 0 Å². The van der Waals surface area contributed by atoms with Crippen LogP contribution < -0.4 is 0 Å². The summed E-state index contributed by atoms with van der Waals surface area (Å²) in [4.78, 5) is 22.3. The van der Waals surface area contributed by atoms with Crippen LogP contribution in [0.25, 0.3) is 0 Å². The third-order valence-corrected chi connectivity index (χ3v) is 4.31. The third-order valence-electron chi connectivity index (χ3n) is 4.31. The van der Waals surface area contributed by atoms with Crippen molar-refractivity contribution in [1.29, 1.82) is 0 Å². The first-order valence-corrected chi connectivity index (χ1v) is 6.07. The van der Waals surface area contributed by atoms with E-state index < -0.39 is 23.8 Å². The van der Waals surface area contributed by atoms with Crippen LogP contribution in [-0.2, 0) is 9.59 Å². The van der Waals surface area contributed by atoms with Crippen LogP contribution in [0.1, 0.15) is 38.5 Å². The Balaban J connectivity index is 2.20. The molecular weight excluding hydrogens is 208 g/mol. The van der Waals surface area contributed by atoms with Crippen LogP contribution in [-0.4, -0.2) is 22.2 Å². The van der Waals surface area contributed by atoms with E-state index in [9.17, 15) is 14.7 Å². The number of carbonyl (C=O) groups is 2. The molecule has 0 heterocycles. The minimum atomic E-state index is -0.934. The Labute approximate surface area is 94.7 Å². The second-order valence-electron chi connectivity index (χ2n) is 5.09. The predicted molar refractivity (Wildman–Crippen MR) is 56.9 cm³/mol. The molecule has 4 nitrogen and oxygen atoms in total. The van der Waals surface area contributed by atoms with Crippen LogP contribution in [0.4, 0.5) is 0 Å².